The summed E-state index contributed by atoms with van der Waals surface area (Å²) in [5.41, 5.74) is 1.03. The molecule has 20 heavy (non-hydrogen) atoms. The molecule has 1 saturated carbocycles. The Kier molecular flexibility index (Phi) is 5.33. The van der Waals surface area contributed by atoms with Crippen molar-refractivity contribution in [3.05, 3.63) is 29.0 Å². The van der Waals surface area contributed by atoms with Gasteiger partial charge < -0.3 is 5.32 Å². The molecule has 0 amide bonds. The van der Waals surface area contributed by atoms with E-state index in [0.717, 1.165) is 18.5 Å². The molecule has 0 radical (unpaired) electrons. The van der Waals surface area contributed by atoms with Gasteiger partial charge in [-0.15, -0.1) is 0 Å². The number of likely N-dealkylation sites (N-methyl/N-ethyl adjacent to an activating group) is 1. The number of pyridine rings is 1. The van der Waals surface area contributed by atoms with Crippen LogP contribution in [0.3, 0.4) is 0 Å². The Morgan fingerprint density at radius 3 is 2.75 bits per heavy atom. The number of rotatable bonds is 5. The van der Waals surface area contributed by atoms with Gasteiger partial charge in [0.15, 0.2) is 0 Å². The maximum Gasteiger partial charge on any atom is 0.248 e. The Bertz CT molecular complexity index is 430. The van der Waals surface area contributed by atoms with Crippen molar-refractivity contribution in [1.82, 2.24) is 10.3 Å². The predicted molar refractivity (Wildman–Crippen MR) is 77.3 cm³/mol. The van der Waals surface area contributed by atoms with Crippen molar-refractivity contribution in [3.63, 3.8) is 0 Å². The molecule has 2 rings (SSSR count). The van der Waals surface area contributed by atoms with Crippen molar-refractivity contribution in [2.24, 2.45) is 5.92 Å². The van der Waals surface area contributed by atoms with E-state index in [4.69, 9.17) is 11.6 Å². The lowest BCUT2D eigenvalue weighted by Gasteiger charge is -2.34. The normalized spacial score (nSPS) is 20.8. The van der Waals surface area contributed by atoms with E-state index in [9.17, 15) is 8.78 Å². The Morgan fingerprint density at radius 1 is 1.45 bits per heavy atom. The van der Waals surface area contributed by atoms with Gasteiger partial charge in [0.25, 0.3) is 0 Å². The Labute approximate surface area is 123 Å². The molecule has 0 bridgehead atoms. The topological polar surface area (TPSA) is 24.9 Å². The van der Waals surface area contributed by atoms with Crippen LogP contribution in [0, 0.1) is 5.92 Å². The minimum atomic E-state index is -2.47. The summed E-state index contributed by atoms with van der Waals surface area (Å²) >= 11 is 6.14. The van der Waals surface area contributed by atoms with E-state index in [2.05, 4.69) is 10.3 Å². The molecule has 5 heteroatoms. The molecule has 1 atom stereocenters. The van der Waals surface area contributed by atoms with Crippen LogP contribution in [0.2, 0.25) is 5.02 Å². The third kappa shape index (κ3) is 4.13. The van der Waals surface area contributed by atoms with Crippen LogP contribution in [0.1, 0.15) is 38.2 Å². The van der Waals surface area contributed by atoms with E-state index in [1.807, 2.05) is 13.0 Å². The molecule has 1 N–H and O–H groups in total. The van der Waals surface area contributed by atoms with Crippen LogP contribution >= 0.6 is 11.6 Å². The lowest BCUT2D eigenvalue weighted by atomic mass is 9.80. The first-order valence-electron chi connectivity index (χ1n) is 7.21. The zero-order valence-corrected chi connectivity index (χ0v) is 12.5. The summed E-state index contributed by atoms with van der Waals surface area (Å²) in [6.07, 6.45) is 5.29. The van der Waals surface area contributed by atoms with Gasteiger partial charge in [-0.2, -0.15) is 0 Å². The zero-order chi connectivity index (χ0) is 14.6. The molecule has 0 aliphatic heterocycles. The summed E-state index contributed by atoms with van der Waals surface area (Å²) in [6, 6.07) is 2.11. The van der Waals surface area contributed by atoms with E-state index >= 15 is 0 Å². The van der Waals surface area contributed by atoms with Gasteiger partial charge in [0.1, 0.15) is 0 Å². The van der Waals surface area contributed by atoms with Crippen LogP contribution in [-0.4, -0.2) is 23.5 Å². The summed E-state index contributed by atoms with van der Waals surface area (Å²) in [5, 5.41) is 4.08. The van der Waals surface area contributed by atoms with Crippen LogP contribution in [0.4, 0.5) is 8.78 Å². The average Bonchev–Trinajstić information content (AvgIpc) is 2.41. The van der Waals surface area contributed by atoms with Gasteiger partial charge in [0.05, 0.1) is 5.02 Å². The smallest absolute Gasteiger partial charge is 0.248 e. The van der Waals surface area contributed by atoms with Gasteiger partial charge in [0.2, 0.25) is 5.92 Å². The van der Waals surface area contributed by atoms with E-state index in [0.29, 0.717) is 23.8 Å². The van der Waals surface area contributed by atoms with Crippen molar-refractivity contribution in [3.8, 4) is 0 Å². The number of hydrogen-bond acceptors (Lipinski definition) is 2. The van der Waals surface area contributed by atoms with Gasteiger partial charge in [-0.05, 0) is 43.4 Å². The van der Waals surface area contributed by atoms with Crippen molar-refractivity contribution in [2.75, 3.05) is 6.54 Å². The summed E-state index contributed by atoms with van der Waals surface area (Å²) in [7, 11) is 0. The molecule has 1 heterocycles. The molecule has 0 saturated heterocycles. The van der Waals surface area contributed by atoms with E-state index in [-0.39, 0.29) is 18.9 Å². The number of hydrogen-bond donors (Lipinski definition) is 1. The molecule has 1 fully saturated rings. The number of nitrogens with one attached hydrogen (secondary N) is 1. The first kappa shape index (κ1) is 15.6. The molecular weight excluding hydrogens is 282 g/mol. The number of nitrogens with zero attached hydrogens (tertiary/aromatic N) is 1. The fourth-order valence-electron chi connectivity index (χ4n) is 2.94. The molecule has 1 unspecified atom stereocenters. The molecule has 112 valence electrons. The van der Waals surface area contributed by atoms with Crippen molar-refractivity contribution < 1.29 is 8.78 Å². The largest absolute Gasteiger partial charge is 0.314 e. The highest BCUT2D eigenvalue weighted by molar-refractivity contribution is 6.31. The van der Waals surface area contributed by atoms with Gasteiger partial charge in [0, 0.05) is 31.3 Å². The minimum Gasteiger partial charge on any atom is -0.314 e. The SMILES string of the molecule is CCNC(Cc1ccncc1Cl)C1CCC(F)(F)CC1. The molecule has 1 aliphatic carbocycles. The first-order valence-corrected chi connectivity index (χ1v) is 7.59. The van der Waals surface area contributed by atoms with Crippen molar-refractivity contribution >= 4 is 11.6 Å². The highest BCUT2D eigenvalue weighted by Gasteiger charge is 2.37. The minimum absolute atomic E-state index is 0.00361. The molecule has 1 aliphatic rings. The number of aromatic nitrogens is 1. The highest BCUT2D eigenvalue weighted by Crippen LogP contribution is 2.38. The monoisotopic (exact) mass is 302 g/mol. The molecule has 1 aromatic heterocycles. The second-order valence-electron chi connectivity index (χ2n) is 5.53. The lowest BCUT2D eigenvalue weighted by Crippen LogP contribution is -2.41. The zero-order valence-electron chi connectivity index (χ0n) is 11.7. The maximum absolute atomic E-state index is 13.3. The standard InChI is InChI=1S/C15H21ClF2N2/c1-2-20-14(9-12-5-8-19-10-13(12)16)11-3-6-15(17,18)7-4-11/h5,8,10-11,14,20H,2-4,6-7,9H2,1H3. The molecule has 0 aromatic carbocycles. The summed E-state index contributed by atoms with van der Waals surface area (Å²) < 4.78 is 26.5. The third-order valence-corrected chi connectivity index (χ3v) is 4.43. The van der Waals surface area contributed by atoms with E-state index in [1.165, 1.54) is 0 Å². The van der Waals surface area contributed by atoms with Crippen molar-refractivity contribution in [1.29, 1.82) is 0 Å². The third-order valence-electron chi connectivity index (χ3n) is 4.09. The van der Waals surface area contributed by atoms with Gasteiger partial charge >= 0.3 is 0 Å². The summed E-state index contributed by atoms with van der Waals surface area (Å²) in [4.78, 5) is 3.98. The number of halogens is 3. The van der Waals surface area contributed by atoms with Gasteiger partial charge in [-0.1, -0.05) is 18.5 Å². The summed E-state index contributed by atoms with van der Waals surface area (Å²) in [6.45, 7) is 2.87. The van der Waals surface area contributed by atoms with Crippen LogP contribution in [0.15, 0.2) is 18.5 Å². The van der Waals surface area contributed by atoms with E-state index < -0.39 is 5.92 Å². The lowest BCUT2D eigenvalue weighted by molar-refractivity contribution is -0.0494. The quantitative estimate of drug-likeness (QED) is 0.886. The molecule has 0 spiro atoms. The summed E-state index contributed by atoms with van der Waals surface area (Å²) in [5.74, 6) is -2.18. The van der Waals surface area contributed by atoms with Crippen LogP contribution in [0.5, 0.6) is 0 Å². The fourth-order valence-corrected chi connectivity index (χ4v) is 3.14. The predicted octanol–water partition coefficient (Wildman–Crippen LogP) is 4.08. The Morgan fingerprint density at radius 2 is 2.15 bits per heavy atom. The second-order valence-corrected chi connectivity index (χ2v) is 5.94. The number of alkyl halides is 2. The molecular formula is C15H21ClF2N2. The fraction of sp³-hybridized carbons (Fsp3) is 0.667. The molecule has 1 aromatic rings. The Hall–Kier alpha value is -0.740. The van der Waals surface area contributed by atoms with Crippen LogP contribution in [0.25, 0.3) is 0 Å². The van der Waals surface area contributed by atoms with Crippen LogP contribution in [-0.2, 0) is 6.42 Å². The van der Waals surface area contributed by atoms with Crippen LogP contribution < -0.4 is 5.32 Å². The average molecular weight is 303 g/mol. The van der Waals surface area contributed by atoms with Gasteiger partial charge in [-0.3, -0.25) is 4.98 Å². The molecule has 2 nitrogen and oxygen atoms in total. The second kappa shape index (κ2) is 6.81. The first-order chi connectivity index (χ1) is 9.52. The van der Waals surface area contributed by atoms with Gasteiger partial charge in [-0.25, -0.2) is 8.78 Å². The van der Waals surface area contributed by atoms with Crippen molar-refractivity contribution in [2.45, 2.75) is 51.0 Å². The highest BCUT2D eigenvalue weighted by atomic mass is 35.5. The van der Waals surface area contributed by atoms with E-state index in [1.54, 1.807) is 12.4 Å². The Balaban J connectivity index is 2.02. The maximum atomic E-state index is 13.3.